The van der Waals surface area contributed by atoms with Crippen molar-refractivity contribution in [3.8, 4) is 0 Å². The number of hydrogen-bond acceptors (Lipinski definition) is 3. The molecule has 3 heteroatoms. The molecule has 0 heterocycles. The summed E-state index contributed by atoms with van der Waals surface area (Å²) in [5.74, 6) is 5.26. The van der Waals surface area contributed by atoms with Crippen LogP contribution in [0, 0.1) is 0 Å². The average Bonchev–Trinajstić information content (AvgIpc) is 1.89. The first-order valence-electron chi connectivity index (χ1n) is 3.56. The Balaban J connectivity index is 2.30. The van der Waals surface area contributed by atoms with Crippen LogP contribution in [0.4, 0.5) is 0 Å². The van der Waals surface area contributed by atoms with E-state index >= 15 is 0 Å². The number of hydrazine groups is 1. The molecule has 3 nitrogen and oxygen atoms in total. The van der Waals surface area contributed by atoms with E-state index in [1.807, 2.05) is 0 Å². The Kier molecular flexibility index (Phi) is 2.45. The van der Waals surface area contributed by atoms with Crippen LogP contribution in [0.25, 0.3) is 0 Å². The largest absolute Gasteiger partial charge is 0.326 e. The van der Waals surface area contributed by atoms with Gasteiger partial charge in [-0.05, 0) is 12.8 Å². The molecule has 0 aromatic carbocycles. The summed E-state index contributed by atoms with van der Waals surface area (Å²) in [5.41, 5.74) is 8.48. The Morgan fingerprint density at radius 2 is 1.89 bits per heavy atom. The molecule has 2 atom stereocenters. The van der Waals surface area contributed by atoms with E-state index in [2.05, 4.69) is 5.43 Å². The molecule has 0 unspecified atom stereocenters. The van der Waals surface area contributed by atoms with Crippen molar-refractivity contribution in [2.45, 2.75) is 37.8 Å². The van der Waals surface area contributed by atoms with Crippen molar-refractivity contribution < 1.29 is 0 Å². The van der Waals surface area contributed by atoms with Crippen molar-refractivity contribution in [1.82, 2.24) is 5.43 Å². The third-order valence-electron chi connectivity index (χ3n) is 2.03. The van der Waals surface area contributed by atoms with E-state index in [0.717, 1.165) is 12.8 Å². The maximum absolute atomic E-state index is 5.75. The van der Waals surface area contributed by atoms with E-state index in [4.69, 9.17) is 11.6 Å². The molecule has 1 fully saturated rings. The Morgan fingerprint density at radius 3 is 2.33 bits per heavy atom. The van der Waals surface area contributed by atoms with Gasteiger partial charge in [0.2, 0.25) is 0 Å². The summed E-state index contributed by atoms with van der Waals surface area (Å²) >= 11 is 0. The van der Waals surface area contributed by atoms with Crippen molar-refractivity contribution in [2.24, 2.45) is 11.6 Å². The van der Waals surface area contributed by atoms with Crippen molar-refractivity contribution in [1.29, 1.82) is 0 Å². The lowest BCUT2D eigenvalue weighted by atomic mass is 9.92. The maximum atomic E-state index is 5.75. The number of nitrogens with two attached hydrogens (primary N) is 2. The van der Waals surface area contributed by atoms with Gasteiger partial charge in [0.25, 0.3) is 0 Å². The zero-order valence-corrected chi connectivity index (χ0v) is 5.64. The Labute approximate surface area is 55.8 Å². The molecule has 54 valence electrons. The Bertz CT molecular complexity index is 84.4. The summed E-state index contributed by atoms with van der Waals surface area (Å²) < 4.78 is 0. The molecular weight excluding hydrogens is 114 g/mol. The second kappa shape index (κ2) is 3.15. The van der Waals surface area contributed by atoms with Crippen LogP contribution in [-0.4, -0.2) is 12.1 Å². The summed E-state index contributed by atoms with van der Waals surface area (Å²) in [5, 5.41) is 0. The standard InChI is InChI=1S/C6H15N3/c7-5-3-1-2-4-6(5)9-8/h5-6,9H,1-4,7-8H2/t5-,6-/m1/s1. The topological polar surface area (TPSA) is 64.1 Å². The average molecular weight is 129 g/mol. The molecule has 0 amide bonds. The van der Waals surface area contributed by atoms with Crippen molar-refractivity contribution in [3.05, 3.63) is 0 Å². The maximum Gasteiger partial charge on any atom is 0.0361 e. The first-order valence-corrected chi connectivity index (χ1v) is 3.56. The lowest BCUT2D eigenvalue weighted by Gasteiger charge is -2.27. The summed E-state index contributed by atoms with van der Waals surface area (Å²) in [6.07, 6.45) is 4.79. The fraction of sp³-hybridized carbons (Fsp3) is 1.00. The van der Waals surface area contributed by atoms with Crippen LogP contribution in [-0.2, 0) is 0 Å². The van der Waals surface area contributed by atoms with Crippen molar-refractivity contribution in [2.75, 3.05) is 0 Å². The van der Waals surface area contributed by atoms with Gasteiger partial charge in [-0.1, -0.05) is 12.8 Å². The monoisotopic (exact) mass is 129 g/mol. The smallest absolute Gasteiger partial charge is 0.0361 e. The third kappa shape index (κ3) is 1.64. The van der Waals surface area contributed by atoms with Crippen LogP contribution < -0.4 is 17.0 Å². The minimum absolute atomic E-state index is 0.281. The van der Waals surface area contributed by atoms with Gasteiger partial charge in [0, 0.05) is 12.1 Å². The molecule has 0 aromatic rings. The predicted molar refractivity (Wildman–Crippen MR) is 37.6 cm³/mol. The van der Waals surface area contributed by atoms with E-state index in [1.54, 1.807) is 0 Å². The Morgan fingerprint density at radius 1 is 1.22 bits per heavy atom. The van der Waals surface area contributed by atoms with Crippen LogP contribution in [0.1, 0.15) is 25.7 Å². The van der Waals surface area contributed by atoms with Crippen LogP contribution in [0.15, 0.2) is 0 Å². The van der Waals surface area contributed by atoms with Gasteiger partial charge in [-0.25, -0.2) is 0 Å². The molecule has 0 bridgehead atoms. The highest BCUT2D eigenvalue weighted by atomic mass is 15.2. The van der Waals surface area contributed by atoms with Crippen LogP contribution in [0.2, 0.25) is 0 Å². The quantitative estimate of drug-likeness (QED) is 0.337. The summed E-state index contributed by atoms with van der Waals surface area (Å²) in [7, 11) is 0. The van der Waals surface area contributed by atoms with E-state index in [0.29, 0.717) is 6.04 Å². The number of hydrogen-bond donors (Lipinski definition) is 3. The minimum atomic E-state index is 0.281. The van der Waals surface area contributed by atoms with E-state index < -0.39 is 0 Å². The second-order valence-corrected chi connectivity index (χ2v) is 2.72. The van der Waals surface area contributed by atoms with Gasteiger partial charge in [0.1, 0.15) is 0 Å². The molecule has 0 aromatic heterocycles. The lowest BCUT2D eigenvalue weighted by molar-refractivity contribution is 0.332. The molecule has 5 N–H and O–H groups in total. The summed E-state index contributed by atoms with van der Waals surface area (Å²) in [6, 6.07) is 0.641. The molecule has 1 saturated carbocycles. The van der Waals surface area contributed by atoms with Crippen LogP contribution in [0.3, 0.4) is 0 Å². The molecule has 0 spiro atoms. The van der Waals surface area contributed by atoms with E-state index in [9.17, 15) is 0 Å². The Hall–Kier alpha value is -0.120. The second-order valence-electron chi connectivity index (χ2n) is 2.72. The molecule has 1 aliphatic rings. The number of rotatable bonds is 1. The first-order chi connectivity index (χ1) is 4.34. The molecule has 1 aliphatic carbocycles. The van der Waals surface area contributed by atoms with E-state index in [-0.39, 0.29) is 6.04 Å². The van der Waals surface area contributed by atoms with E-state index in [1.165, 1.54) is 12.8 Å². The zero-order chi connectivity index (χ0) is 6.69. The normalized spacial score (nSPS) is 36.7. The van der Waals surface area contributed by atoms with Crippen molar-refractivity contribution in [3.63, 3.8) is 0 Å². The summed E-state index contributed by atoms with van der Waals surface area (Å²) in [6.45, 7) is 0. The third-order valence-corrected chi connectivity index (χ3v) is 2.03. The minimum Gasteiger partial charge on any atom is -0.326 e. The van der Waals surface area contributed by atoms with Gasteiger partial charge in [0.15, 0.2) is 0 Å². The fourth-order valence-electron chi connectivity index (χ4n) is 1.37. The van der Waals surface area contributed by atoms with Crippen LogP contribution in [0.5, 0.6) is 0 Å². The SMILES string of the molecule is NN[C@@H]1CCCC[C@H]1N. The van der Waals surface area contributed by atoms with Gasteiger partial charge in [-0.15, -0.1) is 0 Å². The zero-order valence-electron chi connectivity index (χ0n) is 5.64. The first kappa shape index (κ1) is 6.99. The highest BCUT2D eigenvalue weighted by Crippen LogP contribution is 2.15. The molecule has 1 rings (SSSR count). The number of nitrogens with one attached hydrogen (secondary N) is 1. The van der Waals surface area contributed by atoms with Crippen molar-refractivity contribution >= 4 is 0 Å². The van der Waals surface area contributed by atoms with Crippen LogP contribution >= 0.6 is 0 Å². The molecule has 9 heavy (non-hydrogen) atoms. The highest BCUT2D eigenvalue weighted by Gasteiger charge is 2.19. The fourth-order valence-corrected chi connectivity index (χ4v) is 1.37. The predicted octanol–water partition coefficient (Wildman–Crippen LogP) is -0.280. The highest BCUT2D eigenvalue weighted by molar-refractivity contribution is 4.81. The van der Waals surface area contributed by atoms with Gasteiger partial charge < -0.3 is 5.73 Å². The van der Waals surface area contributed by atoms with Gasteiger partial charge in [0.05, 0.1) is 0 Å². The lowest BCUT2D eigenvalue weighted by Crippen LogP contribution is -2.49. The van der Waals surface area contributed by atoms with Gasteiger partial charge >= 0.3 is 0 Å². The molecule has 0 aliphatic heterocycles. The summed E-state index contributed by atoms with van der Waals surface area (Å²) in [4.78, 5) is 0. The molecular formula is C6H15N3. The van der Waals surface area contributed by atoms with Gasteiger partial charge in [-0.2, -0.15) is 0 Å². The molecule has 0 saturated heterocycles. The van der Waals surface area contributed by atoms with Gasteiger partial charge in [-0.3, -0.25) is 11.3 Å². The molecule has 0 radical (unpaired) electrons.